The number of benzene rings is 2. The standard InChI is InChI=1S/C24H29NO6.CH4/c1-15(26)13-30-18-6-4-16(5-7-18)12-24(2,3)9-8-21(28)19-10-17(27)11-20-23(19)31-14-22(29)25-20;/h4-7,10-11,21,27-28H,8-9,12-14H2,1-3H3,(H,25,29);1H4. The number of hydrogen-bond acceptors (Lipinski definition) is 6. The highest BCUT2D eigenvalue weighted by Gasteiger charge is 2.26. The predicted octanol–water partition coefficient (Wildman–Crippen LogP) is 4.41. The Morgan fingerprint density at radius 1 is 1.25 bits per heavy atom. The third kappa shape index (κ3) is 6.72. The van der Waals surface area contributed by atoms with Crippen molar-refractivity contribution in [3.05, 3.63) is 47.5 Å². The minimum absolute atomic E-state index is 0. The maximum atomic E-state index is 11.5. The van der Waals surface area contributed by atoms with E-state index in [2.05, 4.69) is 19.2 Å². The minimum Gasteiger partial charge on any atom is -0.508 e. The molecule has 0 saturated heterocycles. The zero-order valence-electron chi connectivity index (χ0n) is 18.1. The zero-order chi connectivity index (χ0) is 22.6. The van der Waals surface area contributed by atoms with Gasteiger partial charge in [-0.15, -0.1) is 0 Å². The first-order chi connectivity index (χ1) is 14.6. The normalized spacial score (nSPS) is 13.8. The van der Waals surface area contributed by atoms with E-state index < -0.39 is 6.10 Å². The number of rotatable bonds is 9. The molecule has 0 bridgehead atoms. The van der Waals surface area contributed by atoms with Gasteiger partial charge in [-0.3, -0.25) is 9.59 Å². The summed E-state index contributed by atoms with van der Waals surface area (Å²) in [7, 11) is 0. The Hall–Kier alpha value is -3.06. The molecule has 1 unspecified atom stereocenters. The van der Waals surface area contributed by atoms with Gasteiger partial charge in [-0.05, 0) is 55.4 Å². The van der Waals surface area contributed by atoms with Gasteiger partial charge in [0.1, 0.15) is 23.9 Å². The molecular weight excluding hydrogens is 410 g/mol. The Kier molecular flexibility index (Phi) is 8.27. The summed E-state index contributed by atoms with van der Waals surface area (Å²) in [5, 5.41) is 23.4. The molecule has 1 aliphatic heterocycles. The number of hydrogen-bond donors (Lipinski definition) is 3. The fourth-order valence-electron chi connectivity index (χ4n) is 3.67. The fraction of sp³-hybridized carbons (Fsp3) is 0.440. The number of Topliss-reactive ketones (excluding diaryl/α,β-unsaturated/α-hetero) is 1. The fourth-order valence-corrected chi connectivity index (χ4v) is 3.67. The summed E-state index contributed by atoms with van der Waals surface area (Å²) >= 11 is 0. The summed E-state index contributed by atoms with van der Waals surface area (Å²) in [5.74, 6) is 0.712. The molecule has 0 aromatic heterocycles. The maximum absolute atomic E-state index is 11.5. The van der Waals surface area contributed by atoms with Gasteiger partial charge >= 0.3 is 0 Å². The molecule has 1 amide bonds. The summed E-state index contributed by atoms with van der Waals surface area (Å²) < 4.78 is 10.9. The predicted molar refractivity (Wildman–Crippen MR) is 123 cm³/mol. The molecule has 3 rings (SSSR count). The molecular formula is C25H33NO6. The molecule has 0 saturated carbocycles. The molecule has 0 spiro atoms. The molecule has 32 heavy (non-hydrogen) atoms. The number of ketones is 1. The van der Waals surface area contributed by atoms with Gasteiger partial charge in [0, 0.05) is 11.6 Å². The van der Waals surface area contributed by atoms with Crippen molar-refractivity contribution in [1.82, 2.24) is 0 Å². The number of carbonyl (C=O) groups excluding carboxylic acids is 2. The highest BCUT2D eigenvalue weighted by molar-refractivity contribution is 5.96. The number of fused-ring (bicyclic) bond motifs is 1. The van der Waals surface area contributed by atoms with Gasteiger partial charge in [-0.25, -0.2) is 0 Å². The van der Waals surface area contributed by atoms with Crippen LogP contribution >= 0.6 is 0 Å². The van der Waals surface area contributed by atoms with Crippen LogP contribution in [-0.2, 0) is 16.0 Å². The lowest BCUT2D eigenvalue weighted by Crippen LogP contribution is -2.26. The number of aliphatic hydroxyl groups excluding tert-OH is 1. The van der Waals surface area contributed by atoms with E-state index in [1.165, 1.54) is 19.1 Å². The van der Waals surface area contributed by atoms with E-state index in [0.29, 0.717) is 29.2 Å². The van der Waals surface area contributed by atoms with E-state index >= 15 is 0 Å². The molecule has 7 heteroatoms. The van der Waals surface area contributed by atoms with Gasteiger partial charge in [0.05, 0.1) is 11.8 Å². The Bertz CT molecular complexity index is 952. The van der Waals surface area contributed by atoms with Crippen molar-refractivity contribution >= 4 is 17.4 Å². The molecule has 2 aromatic rings. The lowest BCUT2D eigenvalue weighted by atomic mass is 9.80. The van der Waals surface area contributed by atoms with Crippen molar-refractivity contribution in [2.75, 3.05) is 18.5 Å². The van der Waals surface area contributed by atoms with Crippen LogP contribution in [0, 0.1) is 5.41 Å². The molecule has 0 aliphatic carbocycles. The van der Waals surface area contributed by atoms with Gasteiger partial charge in [-0.2, -0.15) is 0 Å². The van der Waals surface area contributed by atoms with Gasteiger partial charge < -0.3 is 25.0 Å². The highest BCUT2D eigenvalue weighted by Crippen LogP contribution is 2.41. The van der Waals surface area contributed by atoms with E-state index in [9.17, 15) is 19.8 Å². The third-order valence-corrected chi connectivity index (χ3v) is 5.23. The van der Waals surface area contributed by atoms with Gasteiger partial charge in [0.15, 0.2) is 12.4 Å². The summed E-state index contributed by atoms with van der Waals surface area (Å²) in [4.78, 5) is 22.6. The summed E-state index contributed by atoms with van der Waals surface area (Å²) in [6.45, 7) is 5.70. The second kappa shape index (κ2) is 10.5. The molecule has 2 aromatic carbocycles. The van der Waals surface area contributed by atoms with Crippen molar-refractivity contribution in [2.45, 2.75) is 53.6 Å². The van der Waals surface area contributed by atoms with E-state index in [-0.39, 0.29) is 43.5 Å². The molecule has 0 radical (unpaired) electrons. The van der Waals surface area contributed by atoms with Crippen LogP contribution in [0.4, 0.5) is 5.69 Å². The first-order valence-electron chi connectivity index (χ1n) is 10.3. The number of anilines is 1. The number of amides is 1. The Labute approximate surface area is 189 Å². The Morgan fingerprint density at radius 2 is 1.94 bits per heavy atom. The first-order valence-corrected chi connectivity index (χ1v) is 10.3. The third-order valence-electron chi connectivity index (χ3n) is 5.23. The van der Waals surface area contributed by atoms with Crippen molar-refractivity contribution in [3.63, 3.8) is 0 Å². The van der Waals surface area contributed by atoms with Crippen LogP contribution in [0.1, 0.15) is 58.3 Å². The van der Waals surface area contributed by atoms with Crippen LogP contribution in [0.5, 0.6) is 17.2 Å². The second-order valence-corrected chi connectivity index (χ2v) is 8.78. The van der Waals surface area contributed by atoms with Crippen LogP contribution in [0.25, 0.3) is 0 Å². The first kappa shape index (κ1) is 25.2. The van der Waals surface area contributed by atoms with Gasteiger partial charge in [0.25, 0.3) is 5.91 Å². The second-order valence-electron chi connectivity index (χ2n) is 8.78. The average Bonchev–Trinajstić information content (AvgIpc) is 2.70. The highest BCUT2D eigenvalue weighted by atomic mass is 16.5. The number of phenolic OH excluding ortho intramolecular Hbond substituents is 1. The molecule has 3 N–H and O–H groups in total. The topological polar surface area (TPSA) is 105 Å². The van der Waals surface area contributed by atoms with E-state index in [0.717, 1.165) is 18.4 Å². The van der Waals surface area contributed by atoms with Crippen molar-refractivity contribution in [1.29, 1.82) is 0 Å². The van der Waals surface area contributed by atoms with Crippen LogP contribution in [-0.4, -0.2) is 35.1 Å². The lowest BCUT2D eigenvalue weighted by molar-refractivity contribution is -0.119. The minimum atomic E-state index is -0.836. The van der Waals surface area contributed by atoms with Gasteiger partial charge in [-0.1, -0.05) is 33.4 Å². The molecule has 7 nitrogen and oxygen atoms in total. The SMILES string of the molecule is C.CC(=O)COc1ccc(CC(C)(C)CCC(O)c2cc(O)cc3c2OCC(=O)N3)cc1. The van der Waals surface area contributed by atoms with Crippen LogP contribution < -0.4 is 14.8 Å². The smallest absolute Gasteiger partial charge is 0.262 e. The average molecular weight is 444 g/mol. The number of nitrogens with one attached hydrogen (secondary N) is 1. The number of aromatic hydroxyl groups is 1. The Balaban J connectivity index is 0.00000363. The number of ether oxygens (including phenoxy) is 2. The van der Waals surface area contributed by atoms with Crippen LogP contribution in [0.3, 0.4) is 0 Å². The zero-order valence-corrected chi connectivity index (χ0v) is 18.1. The van der Waals surface area contributed by atoms with E-state index in [1.54, 1.807) is 0 Å². The molecule has 174 valence electrons. The number of carbonyl (C=O) groups is 2. The van der Waals surface area contributed by atoms with Crippen molar-refractivity contribution < 1.29 is 29.3 Å². The lowest BCUT2D eigenvalue weighted by Gasteiger charge is -2.28. The monoisotopic (exact) mass is 443 g/mol. The molecule has 0 fully saturated rings. The maximum Gasteiger partial charge on any atom is 0.262 e. The van der Waals surface area contributed by atoms with Gasteiger partial charge in [0.2, 0.25) is 0 Å². The van der Waals surface area contributed by atoms with E-state index in [4.69, 9.17) is 9.47 Å². The number of phenols is 1. The van der Waals surface area contributed by atoms with E-state index in [1.807, 2.05) is 24.3 Å². The summed E-state index contributed by atoms with van der Waals surface area (Å²) in [5.41, 5.74) is 1.89. The van der Waals surface area contributed by atoms with Crippen molar-refractivity contribution in [2.24, 2.45) is 5.41 Å². The quantitative estimate of drug-likeness (QED) is 0.530. The summed E-state index contributed by atoms with van der Waals surface area (Å²) in [6.07, 6.45) is 1.17. The molecule has 1 aliphatic rings. The molecule has 1 atom stereocenters. The van der Waals surface area contributed by atoms with Crippen LogP contribution in [0.15, 0.2) is 36.4 Å². The van der Waals surface area contributed by atoms with Crippen molar-refractivity contribution in [3.8, 4) is 17.2 Å². The number of aliphatic hydroxyl groups is 1. The van der Waals surface area contributed by atoms with Crippen LogP contribution in [0.2, 0.25) is 0 Å². The summed E-state index contributed by atoms with van der Waals surface area (Å²) in [6, 6.07) is 10.6. The largest absolute Gasteiger partial charge is 0.508 e. The molecule has 1 heterocycles. The Morgan fingerprint density at radius 3 is 2.59 bits per heavy atom.